The number of ether oxygens (including phenoxy) is 1. The van der Waals surface area contributed by atoms with Crippen molar-refractivity contribution in [3.63, 3.8) is 0 Å². The van der Waals surface area contributed by atoms with E-state index < -0.39 is 0 Å². The van der Waals surface area contributed by atoms with Gasteiger partial charge in [0.15, 0.2) is 0 Å². The molecule has 0 fully saturated rings. The van der Waals surface area contributed by atoms with Crippen LogP contribution in [-0.2, 0) is 11.3 Å². The summed E-state index contributed by atoms with van der Waals surface area (Å²) in [6.07, 6.45) is 0. The molecule has 2 aromatic carbocycles. The summed E-state index contributed by atoms with van der Waals surface area (Å²) in [6.45, 7) is 3.97. The van der Waals surface area contributed by atoms with E-state index >= 15 is 0 Å². The summed E-state index contributed by atoms with van der Waals surface area (Å²) in [4.78, 5) is 13.5. The predicted molar refractivity (Wildman–Crippen MR) is 94.4 cm³/mol. The lowest BCUT2D eigenvalue weighted by Gasteiger charge is -2.06. The van der Waals surface area contributed by atoms with Crippen LogP contribution in [0.1, 0.15) is 11.1 Å². The van der Waals surface area contributed by atoms with Crippen molar-refractivity contribution in [3.05, 3.63) is 53.6 Å². The Morgan fingerprint density at radius 2 is 1.92 bits per heavy atom. The van der Waals surface area contributed by atoms with Gasteiger partial charge in [0, 0.05) is 11.3 Å². The highest BCUT2D eigenvalue weighted by molar-refractivity contribution is 5.90. The number of tetrazole rings is 1. The topological polar surface area (TPSA) is 81.9 Å². The van der Waals surface area contributed by atoms with Crippen molar-refractivity contribution in [1.29, 1.82) is 0 Å². The Kier molecular flexibility index (Phi) is 4.74. The van der Waals surface area contributed by atoms with Gasteiger partial charge in [-0.3, -0.25) is 4.79 Å². The third-order valence-electron chi connectivity index (χ3n) is 3.57. The Labute approximate surface area is 145 Å². The van der Waals surface area contributed by atoms with E-state index in [-0.39, 0.29) is 12.5 Å². The van der Waals surface area contributed by atoms with Crippen LogP contribution < -0.4 is 10.1 Å². The van der Waals surface area contributed by atoms with Crippen LogP contribution in [0, 0.1) is 13.8 Å². The second-order valence-corrected chi connectivity index (χ2v) is 5.80. The lowest BCUT2D eigenvalue weighted by atomic mass is 10.1. The number of amides is 1. The number of nitrogens with one attached hydrogen (secondary N) is 1. The van der Waals surface area contributed by atoms with Crippen LogP contribution in [0.25, 0.3) is 11.4 Å². The Morgan fingerprint density at radius 1 is 1.16 bits per heavy atom. The zero-order chi connectivity index (χ0) is 17.8. The summed E-state index contributed by atoms with van der Waals surface area (Å²) in [6, 6.07) is 13.3. The second kappa shape index (κ2) is 7.12. The van der Waals surface area contributed by atoms with E-state index in [9.17, 15) is 4.79 Å². The van der Waals surface area contributed by atoms with Gasteiger partial charge >= 0.3 is 0 Å². The van der Waals surface area contributed by atoms with Gasteiger partial charge in [-0.25, -0.2) is 0 Å². The number of carbonyl (C=O) groups is 1. The van der Waals surface area contributed by atoms with E-state index in [1.165, 1.54) is 4.80 Å². The number of rotatable bonds is 5. The molecule has 7 heteroatoms. The summed E-state index contributed by atoms with van der Waals surface area (Å²) < 4.78 is 5.19. The minimum absolute atomic E-state index is 0.00996. The lowest BCUT2D eigenvalue weighted by molar-refractivity contribution is -0.117. The molecule has 0 aliphatic carbocycles. The maximum Gasteiger partial charge on any atom is 0.248 e. The molecule has 0 saturated heterocycles. The molecule has 3 aromatic rings. The molecule has 1 aromatic heterocycles. The SMILES string of the molecule is COc1cccc(-c2nnn(CC(=O)Nc3cc(C)cc(C)c3)n2)c1. The van der Waals surface area contributed by atoms with E-state index in [2.05, 4.69) is 26.8 Å². The minimum Gasteiger partial charge on any atom is -0.497 e. The standard InChI is InChI=1S/C18H19N5O2/c1-12-7-13(2)9-15(8-12)19-17(24)11-23-21-18(20-22-23)14-5-4-6-16(10-14)25-3/h4-10H,11H2,1-3H3,(H,19,24). The predicted octanol–water partition coefficient (Wildman–Crippen LogP) is 2.60. The van der Waals surface area contributed by atoms with Gasteiger partial charge < -0.3 is 10.1 Å². The molecule has 7 nitrogen and oxygen atoms in total. The van der Waals surface area contributed by atoms with E-state index in [1.807, 2.05) is 50.2 Å². The monoisotopic (exact) mass is 337 g/mol. The molecule has 1 heterocycles. The third kappa shape index (κ3) is 4.20. The average Bonchev–Trinajstić information content (AvgIpc) is 3.02. The van der Waals surface area contributed by atoms with E-state index in [4.69, 9.17) is 4.74 Å². The number of benzene rings is 2. The molecule has 0 aliphatic rings. The number of nitrogens with zero attached hydrogens (tertiary/aromatic N) is 4. The van der Waals surface area contributed by atoms with Gasteiger partial charge in [-0.2, -0.15) is 4.80 Å². The number of aryl methyl sites for hydroxylation is 2. The van der Waals surface area contributed by atoms with Crippen molar-refractivity contribution in [3.8, 4) is 17.1 Å². The Balaban J connectivity index is 1.69. The number of hydrogen-bond acceptors (Lipinski definition) is 5. The molecule has 3 rings (SSSR count). The number of aromatic nitrogens is 4. The molecule has 0 aliphatic heterocycles. The molecule has 25 heavy (non-hydrogen) atoms. The summed E-state index contributed by atoms with van der Waals surface area (Å²) in [5, 5.41) is 15.0. The first-order valence-electron chi connectivity index (χ1n) is 7.84. The van der Waals surface area contributed by atoms with Gasteiger partial charge in [-0.15, -0.1) is 10.2 Å². The zero-order valence-electron chi connectivity index (χ0n) is 14.4. The molecule has 128 valence electrons. The Bertz CT molecular complexity index is 884. The number of carbonyl (C=O) groups excluding carboxylic acids is 1. The summed E-state index contributed by atoms with van der Waals surface area (Å²) in [5.74, 6) is 0.944. The van der Waals surface area contributed by atoms with Crippen molar-refractivity contribution in [2.75, 3.05) is 12.4 Å². The first kappa shape index (κ1) is 16.6. The van der Waals surface area contributed by atoms with Gasteiger partial charge in [-0.05, 0) is 54.5 Å². The normalized spacial score (nSPS) is 10.5. The molecule has 1 amide bonds. The van der Waals surface area contributed by atoms with Crippen molar-refractivity contribution in [1.82, 2.24) is 20.2 Å². The summed E-state index contributed by atoms with van der Waals surface area (Å²) in [7, 11) is 1.60. The molecular weight excluding hydrogens is 318 g/mol. The fourth-order valence-corrected chi connectivity index (χ4v) is 2.56. The molecule has 0 atom stereocenters. The van der Waals surface area contributed by atoms with Gasteiger partial charge in [0.1, 0.15) is 12.3 Å². The highest BCUT2D eigenvalue weighted by atomic mass is 16.5. The fourth-order valence-electron chi connectivity index (χ4n) is 2.56. The van der Waals surface area contributed by atoms with E-state index in [1.54, 1.807) is 7.11 Å². The van der Waals surface area contributed by atoms with E-state index in [0.717, 1.165) is 22.4 Å². The fraction of sp³-hybridized carbons (Fsp3) is 0.222. The number of methoxy groups -OCH3 is 1. The first-order chi connectivity index (χ1) is 12.0. The average molecular weight is 337 g/mol. The molecule has 0 radical (unpaired) electrons. The molecule has 0 saturated carbocycles. The van der Waals surface area contributed by atoms with Crippen molar-refractivity contribution in [2.24, 2.45) is 0 Å². The Morgan fingerprint density at radius 3 is 2.64 bits per heavy atom. The second-order valence-electron chi connectivity index (χ2n) is 5.80. The molecule has 0 unspecified atom stereocenters. The zero-order valence-corrected chi connectivity index (χ0v) is 14.4. The molecule has 0 spiro atoms. The maximum atomic E-state index is 12.2. The summed E-state index contributed by atoms with van der Waals surface area (Å²) >= 11 is 0. The van der Waals surface area contributed by atoms with Gasteiger partial charge in [0.25, 0.3) is 0 Å². The number of hydrogen-bond donors (Lipinski definition) is 1. The van der Waals surface area contributed by atoms with Crippen LogP contribution in [0.15, 0.2) is 42.5 Å². The van der Waals surface area contributed by atoms with Crippen LogP contribution in [0.4, 0.5) is 5.69 Å². The highest BCUT2D eigenvalue weighted by Crippen LogP contribution is 2.19. The Hall–Kier alpha value is -3.22. The van der Waals surface area contributed by atoms with E-state index in [0.29, 0.717) is 11.6 Å². The van der Waals surface area contributed by atoms with Crippen LogP contribution in [0.2, 0.25) is 0 Å². The minimum atomic E-state index is -0.209. The third-order valence-corrected chi connectivity index (χ3v) is 3.57. The van der Waals surface area contributed by atoms with Crippen LogP contribution in [0.3, 0.4) is 0 Å². The smallest absolute Gasteiger partial charge is 0.248 e. The largest absolute Gasteiger partial charge is 0.497 e. The van der Waals surface area contributed by atoms with Gasteiger partial charge in [-0.1, -0.05) is 18.2 Å². The first-order valence-corrected chi connectivity index (χ1v) is 7.84. The van der Waals surface area contributed by atoms with Crippen LogP contribution in [-0.4, -0.2) is 33.2 Å². The van der Waals surface area contributed by atoms with Crippen LogP contribution in [0.5, 0.6) is 5.75 Å². The maximum absolute atomic E-state index is 12.2. The van der Waals surface area contributed by atoms with Crippen molar-refractivity contribution in [2.45, 2.75) is 20.4 Å². The van der Waals surface area contributed by atoms with Gasteiger partial charge in [0.05, 0.1) is 7.11 Å². The molecule has 1 N–H and O–H groups in total. The van der Waals surface area contributed by atoms with Crippen LogP contribution >= 0.6 is 0 Å². The molecule has 0 bridgehead atoms. The van der Waals surface area contributed by atoms with Crippen molar-refractivity contribution < 1.29 is 9.53 Å². The quantitative estimate of drug-likeness (QED) is 0.774. The van der Waals surface area contributed by atoms with Gasteiger partial charge in [0.2, 0.25) is 11.7 Å². The van der Waals surface area contributed by atoms with Crippen molar-refractivity contribution >= 4 is 11.6 Å². The summed E-state index contributed by atoms with van der Waals surface area (Å²) in [5.41, 5.74) is 3.72. The highest BCUT2D eigenvalue weighted by Gasteiger charge is 2.10. The molecular formula is C18H19N5O2. The number of anilines is 1. The lowest BCUT2D eigenvalue weighted by Crippen LogP contribution is -2.20.